The minimum Gasteiger partial charge on any atom is -0.343 e. The van der Waals surface area contributed by atoms with Crippen molar-refractivity contribution in [3.05, 3.63) is 110 Å². The van der Waals surface area contributed by atoms with E-state index in [1.165, 1.54) is 4.88 Å². The van der Waals surface area contributed by atoms with Gasteiger partial charge < -0.3 is 5.32 Å². The van der Waals surface area contributed by atoms with Crippen LogP contribution in [0.5, 0.6) is 0 Å². The van der Waals surface area contributed by atoms with Crippen LogP contribution in [0.25, 0.3) is 5.69 Å². The largest absolute Gasteiger partial charge is 0.343 e. The highest BCUT2D eigenvalue weighted by Gasteiger charge is 2.41. The number of hydrogen-bond donors (Lipinski definition) is 2. The number of nitrogens with one attached hydrogen (secondary N) is 2. The molecule has 0 amide bonds. The third-order valence-electron chi connectivity index (χ3n) is 6.70. The Labute approximate surface area is 205 Å². The molecule has 0 spiro atoms. The fraction of sp³-hybridized carbons (Fsp3) is 0.185. The molecule has 2 atom stereocenters. The Morgan fingerprint density at radius 2 is 1.76 bits per heavy atom. The van der Waals surface area contributed by atoms with Gasteiger partial charge in [0, 0.05) is 39.3 Å². The predicted octanol–water partition coefficient (Wildman–Crippen LogP) is 5.91. The van der Waals surface area contributed by atoms with Gasteiger partial charge in [-0.25, -0.2) is 4.68 Å². The minimum absolute atomic E-state index is 0.114. The number of hydrogen-bond acceptors (Lipinski definition) is 5. The second kappa shape index (κ2) is 8.49. The van der Waals surface area contributed by atoms with E-state index in [1.54, 1.807) is 27.8 Å². The molecule has 5 nitrogen and oxygen atoms in total. The zero-order chi connectivity index (χ0) is 23.2. The van der Waals surface area contributed by atoms with E-state index in [2.05, 4.69) is 34.0 Å². The summed E-state index contributed by atoms with van der Waals surface area (Å²) in [6.45, 7) is 0. The number of Topliss-reactive ketones (excluding diaryl/α,β-unsaturated/α-hetero) is 1. The number of benzene rings is 2. The van der Waals surface area contributed by atoms with Crippen molar-refractivity contribution < 1.29 is 4.79 Å². The molecular formula is C27H23N3O2S2. The molecular weight excluding hydrogens is 462 g/mol. The number of rotatable bonds is 4. The van der Waals surface area contributed by atoms with Gasteiger partial charge in [0.15, 0.2) is 5.78 Å². The van der Waals surface area contributed by atoms with E-state index in [1.807, 2.05) is 54.8 Å². The number of anilines is 1. The van der Waals surface area contributed by atoms with Crippen LogP contribution in [0.15, 0.2) is 93.1 Å². The molecule has 3 heterocycles. The van der Waals surface area contributed by atoms with E-state index < -0.39 is 5.92 Å². The zero-order valence-electron chi connectivity index (χ0n) is 18.6. The first-order chi connectivity index (χ1) is 16.6. The molecule has 1 aliphatic carbocycles. The lowest BCUT2D eigenvalue weighted by atomic mass is 9.74. The van der Waals surface area contributed by atoms with E-state index in [-0.39, 0.29) is 17.3 Å². The summed E-state index contributed by atoms with van der Waals surface area (Å²) in [5.41, 5.74) is 3.85. The summed E-state index contributed by atoms with van der Waals surface area (Å²) in [7, 11) is 0. The van der Waals surface area contributed by atoms with Gasteiger partial charge in [-0.15, -0.1) is 23.1 Å². The first kappa shape index (κ1) is 21.3. The molecule has 34 heavy (non-hydrogen) atoms. The molecule has 1 aliphatic heterocycles. The van der Waals surface area contributed by atoms with Crippen LogP contribution in [0.2, 0.25) is 0 Å². The topological polar surface area (TPSA) is 66.9 Å². The average molecular weight is 486 g/mol. The second-order valence-corrected chi connectivity index (χ2v) is 10.5. The van der Waals surface area contributed by atoms with Crippen molar-refractivity contribution in [3.8, 4) is 5.69 Å². The Bertz CT molecular complexity index is 1450. The van der Waals surface area contributed by atoms with Crippen LogP contribution in [0.4, 0.5) is 5.82 Å². The summed E-state index contributed by atoms with van der Waals surface area (Å²) >= 11 is 3.37. The Morgan fingerprint density at radius 1 is 0.971 bits per heavy atom. The number of carbonyl (C=O) groups excluding carboxylic acids is 1. The van der Waals surface area contributed by atoms with Crippen LogP contribution in [-0.4, -0.2) is 21.8 Å². The Balaban J connectivity index is 1.52. The lowest BCUT2D eigenvalue weighted by molar-refractivity contribution is -0.116. The molecule has 2 aromatic heterocycles. The number of H-pyrrole nitrogens is 1. The van der Waals surface area contributed by atoms with Crippen molar-refractivity contribution in [1.29, 1.82) is 0 Å². The van der Waals surface area contributed by atoms with Crippen LogP contribution < -0.4 is 10.9 Å². The third-order valence-corrected chi connectivity index (χ3v) is 8.47. The van der Waals surface area contributed by atoms with Crippen LogP contribution in [0.1, 0.15) is 40.7 Å². The molecule has 6 rings (SSSR count). The maximum atomic E-state index is 13.7. The zero-order valence-corrected chi connectivity index (χ0v) is 20.2. The normalized spacial score (nSPS) is 19.5. The number of carbonyl (C=O) groups is 1. The molecule has 0 radical (unpaired) electrons. The summed E-state index contributed by atoms with van der Waals surface area (Å²) in [6, 6.07) is 21.9. The van der Waals surface area contributed by atoms with Crippen LogP contribution in [-0.2, 0) is 4.79 Å². The molecule has 0 bridgehead atoms. The number of thiophene rings is 1. The van der Waals surface area contributed by atoms with Gasteiger partial charge in [0.2, 0.25) is 0 Å². The Kier molecular flexibility index (Phi) is 5.31. The monoisotopic (exact) mass is 485 g/mol. The summed E-state index contributed by atoms with van der Waals surface area (Å²) in [5, 5.41) is 8.80. The first-order valence-electron chi connectivity index (χ1n) is 11.2. The van der Waals surface area contributed by atoms with Gasteiger partial charge in [0.25, 0.3) is 5.56 Å². The van der Waals surface area contributed by atoms with Gasteiger partial charge in [0.05, 0.1) is 11.3 Å². The number of ketones is 1. The molecule has 0 saturated carbocycles. The summed E-state index contributed by atoms with van der Waals surface area (Å²) in [4.78, 5) is 29.7. The number of allylic oxidation sites excluding steroid dienone is 2. The predicted molar refractivity (Wildman–Crippen MR) is 138 cm³/mol. The number of aromatic amines is 1. The van der Waals surface area contributed by atoms with Crippen LogP contribution >= 0.6 is 23.1 Å². The van der Waals surface area contributed by atoms with Gasteiger partial charge in [-0.3, -0.25) is 14.7 Å². The molecule has 0 fully saturated rings. The van der Waals surface area contributed by atoms with Gasteiger partial charge in [-0.2, -0.15) is 0 Å². The quantitative estimate of drug-likeness (QED) is 0.353. The lowest BCUT2D eigenvalue weighted by Crippen LogP contribution is -2.31. The van der Waals surface area contributed by atoms with Crippen molar-refractivity contribution in [2.24, 2.45) is 0 Å². The number of fused-ring (bicyclic) bond motifs is 1. The number of nitrogens with zero attached hydrogens (tertiary/aromatic N) is 1. The highest BCUT2D eigenvalue weighted by Crippen LogP contribution is 2.47. The minimum atomic E-state index is -0.396. The van der Waals surface area contributed by atoms with Crippen LogP contribution in [0.3, 0.4) is 0 Å². The lowest BCUT2D eigenvalue weighted by Gasteiger charge is -2.34. The Hall–Kier alpha value is -3.29. The summed E-state index contributed by atoms with van der Waals surface area (Å²) in [5.74, 6) is 0.546. The highest BCUT2D eigenvalue weighted by molar-refractivity contribution is 7.98. The van der Waals surface area contributed by atoms with Crippen molar-refractivity contribution in [3.63, 3.8) is 0 Å². The SMILES string of the molecule is CSc1ccc(C2C3=C(CC(c4cccs4)CC3=O)Nc3[nH]n(-c4ccccc4)c(=O)c32)cc1. The molecule has 170 valence electrons. The number of para-hydroxylation sites is 1. The molecule has 2 aliphatic rings. The Morgan fingerprint density at radius 3 is 2.47 bits per heavy atom. The molecule has 2 unspecified atom stereocenters. The summed E-state index contributed by atoms with van der Waals surface area (Å²) in [6.07, 6.45) is 3.25. The van der Waals surface area contributed by atoms with Crippen molar-refractivity contribution in [1.82, 2.24) is 9.78 Å². The van der Waals surface area contributed by atoms with E-state index in [0.29, 0.717) is 17.8 Å². The van der Waals surface area contributed by atoms with Gasteiger partial charge in [-0.1, -0.05) is 36.4 Å². The molecule has 4 aromatic rings. The molecule has 2 aromatic carbocycles. The molecule has 2 N–H and O–H groups in total. The standard InChI is InChI=1S/C27H23N3O2S2/c1-33-19-11-9-16(10-12-19)23-24-20(14-17(15-21(24)31)22-8-5-13-34-22)28-26-25(23)27(32)30(29-26)18-6-3-2-4-7-18/h2-13,17,23,28-29H,14-15H2,1H3. The smallest absolute Gasteiger partial charge is 0.277 e. The van der Waals surface area contributed by atoms with E-state index >= 15 is 0 Å². The third kappa shape index (κ3) is 3.47. The van der Waals surface area contributed by atoms with Gasteiger partial charge >= 0.3 is 0 Å². The van der Waals surface area contributed by atoms with Crippen LogP contribution in [0, 0.1) is 0 Å². The van der Waals surface area contributed by atoms with Gasteiger partial charge in [0.1, 0.15) is 5.82 Å². The second-order valence-electron chi connectivity index (χ2n) is 8.64. The average Bonchev–Trinajstić information content (AvgIpc) is 3.52. The van der Waals surface area contributed by atoms with E-state index in [9.17, 15) is 9.59 Å². The van der Waals surface area contributed by atoms with E-state index in [4.69, 9.17) is 0 Å². The van der Waals surface area contributed by atoms with Crippen molar-refractivity contribution >= 4 is 34.7 Å². The highest BCUT2D eigenvalue weighted by atomic mass is 32.2. The van der Waals surface area contributed by atoms with Gasteiger partial charge in [-0.05, 0) is 54.0 Å². The fourth-order valence-corrected chi connectivity index (χ4v) is 6.34. The number of thioether (sulfide) groups is 1. The molecule has 0 saturated heterocycles. The maximum Gasteiger partial charge on any atom is 0.277 e. The first-order valence-corrected chi connectivity index (χ1v) is 13.4. The maximum absolute atomic E-state index is 13.7. The van der Waals surface area contributed by atoms with Crippen molar-refractivity contribution in [2.45, 2.75) is 29.6 Å². The van der Waals surface area contributed by atoms with Crippen molar-refractivity contribution in [2.75, 3.05) is 11.6 Å². The van der Waals surface area contributed by atoms with E-state index in [0.717, 1.165) is 33.8 Å². The summed E-state index contributed by atoms with van der Waals surface area (Å²) < 4.78 is 1.57. The molecule has 7 heteroatoms. The fourth-order valence-electron chi connectivity index (χ4n) is 5.11. The number of aromatic nitrogens is 2.